The lowest BCUT2D eigenvalue weighted by Crippen LogP contribution is -2.34. The number of carbonyl (C=O) groups is 2. The molecule has 0 unspecified atom stereocenters. The van der Waals surface area contributed by atoms with Crippen molar-refractivity contribution in [2.75, 3.05) is 13.2 Å². The van der Waals surface area contributed by atoms with Gasteiger partial charge in [-0.25, -0.2) is 0 Å². The number of nitrogens with zero attached hydrogens (tertiary/aromatic N) is 1. The number of ether oxygens (including phenoxy) is 1. The molecule has 3 rings (SSSR count). The Kier molecular flexibility index (Phi) is 2.89. The van der Waals surface area contributed by atoms with Crippen LogP contribution in [0.5, 0.6) is 5.75 Å². The summed E-state index contributed by atoms with van der Waals surface area (Å²) >= 11 is 0. The molecular weight excluding hydrogens is 246 g/mol. The third kappa shape index (κ3) is 2.28. The molecule has 0 aromatic heterocycles. The monoisotopic (exact) mass is 261 g/mol. The van der Waals surface area contributed by atoms with Gasteiger partial charge in [-0.3, -0.25) is 9.59 Å². The van der Waals surface area contributed by atoms with Gasteiger partial charge in [-0.15, -0.1) is 0 Å². The summed E-state index contributed by atoms with van der Waals surface area (Å²) in [6, 6.07) is 7.63. The van der Waals surface area contributed by atoms with Crippen molar-refractivity contribution >= 4 is 11.9 Å². The molecule has 1 fully saturated rings. The lowest BCUT2D eigenvalue weighted by molar-refractivity contribution is -0.142. The molecule has 19 heavy (non-hydrogen) atoms. The number of hydrogen-bond acceptors (Lipinski definition) is 3. The van der Waals surface area contributed by atoms with Gasteiger partial charge in [-0.2, -0.15) is 0 Å². The van der Waals surface area contributed by atoms with Crippen LogP contribution in [0.2, 0.25) is 0 Å². The number of hydrogen-bond donors (Lipinski definition) is 1. The fraction of sp³-hybridized carbons (Fsp3) is 0.429. The van der Waals surface area contributed by atoms with Crippen LogP contribution in [0.25, 0.3) is 0 Å². The first-order valence-corrected chi connectivity index (χ1v) is 6.39. The minimum atomic E-state index is -0.871. The maximum atomic E-state index is 12.2. The molecule has 1 saturated carbocycles. The predicted octanol–water partition coefficient (Wildman–Crippen LogP) is 1.13. The SMILES string of the molecule is O=C(O)[C@H]1C[C@H]1C(=O)N1CCOc2ccccc2C1. The molecule has 0 saturated heterocycles. The fourth-order valence-corrected chi connectivity index (χ4v) is 2.49. The summed E-state index contributed by atoms with van der Waals surface area (Å²) in [7, 11) is 0. The molecule has 1 aliphatic carbocycles. The Labute approximate surface area is 110 Å². The van der Waals surface area contributed by atoms with Gasteiger partial charge in [0.25, 0.3) is 0 Å². The average Bonchev–Trinajstić information content (AvgIpc) is 3.20. The van der Waals surface area contributed by atoms with E-state index in [1.54, 1.807) is 4.90 Å². The van der Waals surface area contributed by atoms with E-state index >= 15 is 0 Å². The predicted molar refractivity (Wildman–Crippen MR) is 66.6 cm³/mol. The molecule has 1 aromatic carbocycles. The van der Waals surface area contributed by atoms with Gasteiger partial charge in [0.15, 0.2) is 0 Å². The van der Waals surface area contributed by atoms with E-state index in [1.807, 2.05) is 24.3 Å². The maximum Gasteiger partial charge on any atom is 0.307 e. The maximum absolute atomic E-state index is 12.2. The zero-order valence-electron chi connectivity index (χ0n) is 10.4. The first-order chi connectivity index (χ1) is 9.16. The smallest absolute Gasteiger partial charge is 0.307 e. The molecule has 1 aromatic rings. The van der Waals surface area contributed by atoms with E-state index in [9.17, 15) is 9.59 Å². The Balaban J connectivity index is 1.73. The van der Waals surface area contributed by atoms with Crippen LogP contribution in [-0.4, -0.2) is 35.0 Å². The van der Waals surface area contributed by atoms with Gasteiger partial charge < -0.3 is 14.7 Å². The van der Waals surface area contributed by atoms with Crippen LogP contribution in [0.3, 0.4) is 0 Å². The summed E-state index contributed by atoms with van der Waals surface area (Å²) in [5.74, 6) is -0.962. The summed E-state index contributed by atoms with van der Waals surface area (Å²) in [6.45, 7) is 1.46. The Morgan fingerprint density at radius 3 is 2.79 bits per heavy atom. The van der Waals surface area contributed by atoms with Crippen LogP contribution in [-0.2, 0) is 16.1 Å². The number of fused-ring (bicyclic) bond motifs is 1. The highest BCUT2D eigenvalue weighted by atomic mass is 16.5. The molecule has 1 aliphatic heterocycles. The summed E-state index contributed by atoms with van der Waals surface area (Å²) in [4.78, 5) is 24.8. The number of carbonyl (C=O) groups excluding carboxylic acids is 1. The van der Waals surface area contributed by atoms with E-state index in [0.717, 1.165) is 11.3 Å². The van der Waals surface area contributed by atoms with Crippen molar-refractivity contribution in [3.63, 3.8) is 0 Å². The molecule has 0 spiro atoms. The number of carboxylic acids is 1. The van der Waals surface area contributed by atoms with Crippen LogP contribution in [0, 0.1) is 11.8 Å². The van der Waals surface area contributed by atoms with E-state index in [2.05, 4.69) is 0 Å². The minimum absolute atomic E-state index is 0.0623. The van der Waals surface area contributed by atoms with Gasteiger partial charge in [-0.05, 0) is 12.5 Å². The first kappa shape index (κ1) is 12.0. The van der Waals surface area contributed by atoms with Gasteiger partial charge in [0.1, 0.15) is 12.4 Å². The Bertz CT molecular complexity index is 528. The number of aliphatic carboxylic acids is 1. The van der Waals surface area contributed by atoms with Crippen molar-refractivity contribution in [3.8, 4) is 5.75 Å². The topological polar surface area (TPSA) is 66.8 Å². The Hall–Kier alpha value is -2.04. The summed E-state index contributed by atoms with van der Waals surface area (Å²) in [6.07, 6.45) is 0.465. The van der Waals surface area contributed by atoms with E-state index < -0.39 is 11.9 Å². The molecule has 2 atom stereocenters. The van der Waals surface area contributed by atoms with Crippen LogP contribution < -0.4 is 4.74 Å². The number of carboxylic acid groups (broad SMARTS) is 1. The zero-order valence-corrected chi connectivity index (χ0v) is 10.4. The highest BCUT2D eigenvalue weighted by Gasteiger charge is 2.49. The highest BCUT2D eigenvalue weighted by molar-refractivity contribution is 5.89. The third-order valence-corrected chi connectivity index (χ3v) is 3.69. The van der Waals surface area contributed by atoms with Crippen molar-refractivity contribution in [2.45, 2.75) is 13.0 Å². The summed E-state index contributed by atoms with van der Waals surface area (Å²) in [5.41, 5.74) is 0.973. The molecule has 0 bridgehead atoms. The summed E-state index contributed by atoms with van der Waals surface area (Å²) in [5, 5.41) is 8.89. The third-order valence-electron chi connectivity index (χ3n) is 3.69. The number of benzene rings is 1. The van der Waals surface area contributed by atoms with E-state index in [1.165, 1.54) is 0 Å². The quantitative estimate of drug-likeness (QED) is 0.866. The van der Waals surface area contributed by atoms with E-state index in [-0.39, 0.29) is 11.8 Å². The highest BCUT2D eigenvalue weighted by Crippen LogP contribution is 2.40. The molecule has 1 heterocycles. The second-order valence-electron chi connectivity index (χ2n) is 5.00. The number of para-hydroxylation sites is 1. The first-order valence-electron chi connectivity index (χ1n) is 6.39. The van der Waals surface area contributed by atoms with Crippen LogP contribution in [0.1, 0.15) is 12.0 Å². The minimum Gasteiger partial charge on any atom is -0.491 e. The van der Waals surface area contributed by atoms with Crippen molar-refractivity contribution in [1.82, 2.24) is 4.90 Å². The lowest BCUT2D eigenvalue weighted by atomic mass is 10.2. The van der Waals surface area contributed by atoms with Crippen LogP contribution in [0.15, 0.2) is 24.3 Å². The zero-order chi connectivity index (χ0) is 13.4. The largest absolute Gasteiger partial charge is 0.491 e. The van der Waals surface area contributed by atoms with E-state index in [4.69, 9.17) is 9.84 Å². The number of rotatable bonds is 2. The van der Waals surface area contributed by atoms with Crippen LogP contribution in [0.4, 0.5) is 0 Å². The molecule has 2 aliphatic rings. The second-order valence-corrected chi connectivity index (χ2v) is 5.00. The molecule has 100 valence electrons. The van der Waals surface area contributed by atoms with Gasteiger partial charge in [0.05, 0.1) is 18.4 Å². The second kappa shape index (κ2) is 4.57. The Morgan fingerprint density at radius 1 is 1.26 bits per heavy atom. The number of amides is 1. The molecule has 1 amide bonds. The molecule has 5 heteroatoms. The molecular formula is C14H15NO4. The lowest BCUT2D eigenvalue weighted by Gasteiger charge is -2.19. The summed E-state index contributed by atoms with van der Waals surface area (Å²) < 4.78 is 5.59. The average molecular weight is 261 g/mol. The van der Waals surface area contributed by atoms with Gasteiger partial charge in [0, 0.05) is 12.1 Å². The molecule has 5 nitrogen and oxygen atoms in total. The van der Waals surface area contributed by atoms with Crippen molar-refractivity contribution < 1.29 is 19.4 Å². The van der Waals surface area contributed by atoms with Gasteiger partial charge >= 0.3 is 5.97 Å². The van der Waals surface area contributed by atoms with E-state index in [0.29, 0.717) is 26.1 Å². The van der Waals surface area contributed by atoms with Gasteiger partial charge in [0.2, 0.25) is 5.91 Å². The van der Waals surface area contributed by atoms with Crippen molar-refractivity contribution in [3.05, 3.63) is 29.8 Å². The normalized spacial score (nSPS) is 24.9. The van der Waals surface area contributed by atoms with Gasteiger partial charge in [-0.1, -0.05) is 18.2 Å². The Morgan fingerprint density at radius 2 is 2.05 bits per heavy atom. The molecule has 1 N–H and O–H groups in total. The van der Waals surface area contributed by atoms with Crippen molar-refractivity contribution in [1.29, 1.82) is 0 Å². The van der Waals surface area contributed by atoms with Crippen molar-refractivity contribution in [2.24, 2.45) is 11.8 Å². The fourth-order valence-electron chi connectivity index (χ4n) is 2.49. The molecule has 0 radical (unpaired) electrons. The van der Waals surface area contributed by atoms with Crippen LogP contribution >= 0.6 is 0 Å². The standard InChI is InChI=1S/C14H15NO4/c16-13(10-7-11(10)14(17)18)15-5-6-19-12-4-2-1-3-9(12)8-15/h1-4,10-11H,5-8H2,(H,17,18)/t10-,11+/m1/s1.